The minimum Gasteiger partial charge on any atom is -0.143 e. The lowest BCUT2D eigenvalue weighted by Gasteiger charge is -2.16. The zero-order chi connectivity index (χ0) is 13.5. The van der Waals surface area contributed by atoms with Crippen LogP contribution in [0.5, 0.6) is 0 Å². The van der Waals surface area contributed by atoms with E-state index >= 15 is 0 Å². The molecule has 1 aromatic heterocycles. The van der Waals surface area contributed by atoms with Crippen LogP contribution in [0.1, 0.15) is 0 Å². The van der Waals surface area contributed by atoms with E-state index in [9.17, 15) is 0 Å². The minimum atomic E-state index is -1.19. The number of rotatable bonds is 2. The molecule has 3 rings (SSSR count). The maximum absolute atomic E-state index is 2.39. The van der Waals surface area contributed by atoms with E-state index in [0.29, 0.717) is 0 Å². The van der Waals surface area contributed by atoms with E-state index in [1.807, 2.05) is 11.3 Å². The fraction of sp³-hybridized carbons (Fsp3) is 0.176. The lowest BCUT2D eigenvalue weighted by molar-refractivity contribution is 1.67. The Labute approximate surface area is 119 Å². The molecule has 0 fully saturated rings. The van der Waals surface area contributed by atoms with Gasteiger partial charge in [0.15, 0.2) is 0 Å². The van der Waals surface area contributed by atoms with Gasteiger partial charge in [0.1, 0.15) is 0 Å². The molecule has 0 bridgehead atoms. The van der Waals surface area contributed by atoms with Gasteiger partial charge in [-0.15, -0.1) is 11.3 Å². The van der Waals surface area contributed by atoms with Gasteiger partial charge in [-0.25, -0.2) is 0 Å². The summed E-state index contributed by atoms with van der Waals surface area (Å²) < 4.78 is 1.37. The van der Waals surface area contributed by atoms with Crippen molar-refractivity contribution < 1.29 is 0 Å². The number of benzene rings is 2. The van der Waals surface area contributed by atoms with Crippen LogP contribution >= 0.6 is 11.3 Å². The van der Waals surface area contributed by atoms with Crippen LogP contribution in [0.2, 0.25) is 19.6 Å². The molecule has 0 aliphatic rings. The molecule has 2 heteroatoms. The minimum absolute atomic E-state index is 1.19. The third kappa shape index (κ3) is 2.38. The smallest absolute Gasteiger partial charge is 0.0775 e. The molecule has 3 aromatic rings. The fourth-order valence-electron chi connectivity index (χ4n) is 2.35. The first-order valence-electron chi connectivity index (χ1n) is 6.63. The Morgan fingerprint density at radius 3 is 2.21 bits per heavy atom. The summed E-state index contributed by atoms with van der Waals surface area (Å²) in [5.74, 6) is 0. The maximum Gasteiger partial charge on any atom is 0.0775 e. The molecule has 0 radical (unpaired) electrons. The SMILES string of the molecule is C[Si](C)(C)c1ccc(-c2csc3ccccc23)cc1. The van der Waals surface area contributed by atoms with Crippen LogP contribution in [0.4, 0.5) is 0 Å². The number of hydrogen-bond donors (Lipinski definition) is 0. The molecule has 2 aromatic carbocycles. The Kier molecular flexibility index (Phi) is 3.07. The standard InChI is InChI=1S/C17H18SSi/c1-19(2,3)14-10-8-13(9-11-14)16-12-18-17-7-5-4-6-15(16)17/h4-12H,1-3H3. The molecule has 19 heavy (non-hydrogen) atoms. The maximum atomic E-state index is 2.39. The quantitative estimate of drug-likeness (QED) is 0.573. The van der Waals surface area contributed by atoms with Gasteiger partial charge in [0.25, 0.3) is 0 Å². The van der Waals surface area contributed by atoms with Gasteiger partial charge in [0.05, 0.1) is 8.07 Å². The van der Waals surface area contributed by atoms with Gasteiger partial charge in [-0.3, -0.25) is 0 Å². The lowest BCUT2D eigenvalue weighted by Crippen LogP contribution is -2.37. The zero-order valence-electron chi connectivity index (χ0n) is 11.6. The molecular formula is C17H18SSi. The topological polar surface area (TPSA) is 0 Å². The van der Waals surface area contributed by atoms with Crippen LogP contribution in [0.15, 0.2) is 53.9 Å². The molecule has 0 saturated carbocycles. The van der Waals surface area contributed by atoms with E-state index < -0.39 is 8.07 Å². The Morgan fingerprint density at radius 1 is 0.842 bits per heavy atom. The molecule has 0 saturated heterocycles. The highest BCUT2D eigenvalue weighted by Gasteiger charge is 2.16. The van der Waals surface area contributed by atoms with Crippen molar-refractivity contribution >= 4 is 34.7 Å². The van der Waals surface area contributed by atoms with Gasteiger partial charge in [-0.2, -0.15) is 0 Å². The summed E-state index contributed by atoms with van der Waals surface area (Å²) in [6, 6.07) is 17.8. The molecule has 0 spiro atoms. The van der Waals surface area contributed by atoms with Crippen LogP contribution in [-0.4, -0.2) is 8.07 Å². The van der Waals surface area contributed by atoms with E-state index in [2.05, 4.69) is 73.6 Å². The average Bonchev–Trinajstić information content (AvgIpc) is 2.82. The Hall–Kier alpha value is -1.38. The third-order valence-electron chi connectivity index (χ3n) is 3.54. The summed E-state index contributed by atoms with van der Waals surface area (Å²) in [6.45, 7) is 7.17. The second-order valence-corrected chi connectivity index (χ2v) is 12.0. The van der Waals surface area contributed by atoms with Crippen molar-refractivity contribution in [2.75, 3.05) is 0 Å². The van der Waals surface area contributed by atoms with Gasteiger partial charge in [0, 0.05) is 15.6 Å². The van der Waals surface area contributed by atoms with Crippen LogP contribution in [0.25, 0.3) is 21.2 Å². The summed E-state index contributed by atoms with van der Waals surface area (Å²) in [6.07, 6.45) is 0. The van der Waals surface area contributed by atoms with Crippen molar-refractivity contribution in [1.82, 2.24) is 0 Å². The summed E-state index contributed by atoms with van der Waals surface area (Å²) in [5.41, 5.74) is 2.70. The van der Waals surface area contributed by atoms with Crippen LogP contribution in [-0.2, 0) is 0 Å². The van der Waals surface area contributed by atoms with Crippen molar-refractivity contribution in [3.63, 3.8) is 0 Å². The normalized spacial score (nSPS) is 11.9. The number of thiophene rings is 1. The van der Waals surface area contributed by atoms with E-state index in [-0.39, 0.29) is 0 Å². The number of fused-ring (bicyclic) bond motifs is 1. The monoisotopic (exact) mass is 282 g/mol. The summed E-state index contributed by atoms with van der Waals surface area (Å²) in [7, 11) is -1.19. The molecule has 0 aliphatic heterocycles. The summed E-state index contributed by atoms with van der Waals surface area (Å²) >= 11 is 1.83. The van der Waals surface area contributed by atoms with Gasteiger partial charge in [0.2, 0.25) is 0 Å². The van der Waals surface area contributed by atoms with Crippen molar-refractivity contribution in [3.8, 4) is 11.1 Å². The Morgan fingerprint density at radius 2 is 1.53 bits per heavy atom. The first-order chi connectivity index (χ1) is 9.05. The van der Waals surface area contributed by atoms with Crippen LogP contribution < -0.4 is 5.19 Å². The van der Waals surface area contributed by atoms with E-state index in [4.69, 9.17) is 0 Å². The predicted octanol–water partition coefficient (Wildman–Crippen LogP) is 5.11. The van der Waals surface area contributed by atoms with Crippen molar-refractivity contribution in [2.45, 2.75) is 19.6 Å². The van der Waals surface area contributed by atoms with Gasteiger partial charge in [-0.05, 0) is 17.0 Å². The van der Waals surface area contributed by atoms with Gasteiger partial charge >= 0.3 is 0 Å². The third-order valence-corrected chi connectivity index (χ3v) is 6.57. The highest BCUT2D eigenvalue weighted by Crippen LogP contribution is 2.33. The first kappa shape index (κ1) is 12.6. The van der Waals surface area contributed by atoms with E-state index in [1.165, 1.54) is 26.4 Å². The van der Waals surface area contributed by atoms with Crippen molar-refractivity contribution in [1.29, 1.82) is 0 Å². The van der Waals surface area contributed by atoms with Crippen molar-refractivity contribution in [3.05, 3.63) is 53.9 Å². The molecule has 1 heterocycles. The molecular weight excluding hydrogens is 264 g/mol. The highest BCUT2D eigenvalue weighted by molar-refractivity contribution is 7.17. The molecule has 96 valence electrons. The molecule has 0 amide bonds. The van der Waals surface area contributed by atoms with Crippen molar-refractivity contribution in [2.24, 2.45) is 0 Å². The second kappa shape index (κ2) is 4.62. The Balaban J connectivity index is 2.07. The van der Waals surface area contributed by atoms with Crippen LogP contribution in [0.3, 0.4) is 0 Å². The molecule has 0 N–H and O–H groups in total. The average molecular weight is 282 g/mol. The lowest BCUT2D eigenvalue weighted by atomic mass is 10.1. The van der Waals surface area contributed by atoms with Crippen LogP contribution in [0, 0.1) is 0 Å². The number of hydrogen-bond acceptors (Lipinski definition) is 1. The largest absolute Gasteiger partial charge is 0.143 e. The Bertz CT molecular complexity index is 702. The molecule has 0 aliphatic carbocycles. The van der Waals surface area contributed by atoms with Gasteiger partial charge < -0.3 is 0 Å². The first-order valence-corrected chi connectivity index (χ1v) is 11.0. The predicted molar refractivity (Wildman–Crippen MR) is 90.2 cm³/mol. The molecule has 0 atom stereocenters. The van der Waals surface area contributed by atoms with E-state index in [0.717, 1.165) is 0 Å². The second-order valence-electron chi connectivity index (χ2n) is 5.97. The summed E-state index contributed by atoms with van der Waals surface area (Å²) in [5, 5.41) is 5.16. The summed E-state index contributed by atoms with van der Waals surface area (Å²) in [4.78, 5) is 0. The zero-order valence-corrected chi connectivity index (χ0v) is 13.4. The van der Waals surface area contributed by atoms with Gasteiger partial charge in [-0.1, -0.05) is 67.3 Å². The fourth-order valence-corrected chi connectivity index (χ4v) is 4.49. The van der Waals surface area contributed by atoms with E-state index in [1.54, 1.807) is 0 Å². The molecule has 0 nitrogen and oxygen atoms in total. The highest BCUT2D eigenvalue weighted by atomic mass is 32.1. The molecule has 0 unspecified atom stereocenters.